The average Bonchev–Trinajstić information content (AvgIpc) is 3.34. The highest BCUT2D eigenvalue weighted by Crippen LogP contribution is 2.26. The molecule has 7 heteroatoms. The molecule has 29 heavy (non-hydrogen) atoms. The van der Waals surface area contributed by atoms with Crippen molar-refractivity contribution in [3.05, 3.63) is 76.8 Å². The van der Waals surface area contributed by atoms with E-state index in [2.05, 4.69) is 5.32 Å². The Morgan fingerprint density at radius 1 is 1.21 bits per heavy atom. The van der Waals surface area contributed by atoms with E-state index in [-0.39, 0.29) is 22.8 Å². The third-order valence-electron chi connectivity index (χ3n) is 4.46. The van der Waals surface area contributed by atoms with Crippen LogP contribution in [0.15, 0.2) is 53.2 Å². The first-order valence-corrected chi connectivity index (χ1v) is 9.11. The zero-order valence-corrected chi connectivity index (χ0v) is 16.4. The fourth-order valence-corrected chi connectivity index (χ4v) is 2.84. The Morgan fingerprint density at radius 3 is 2.48 bits per heavy atom. The Hall–Kier alpha value is -3.79. The first-order valence-electron chi connectivity index (χ1n) is 9.11. The lowest BCUT2D eigenvalue weighted by Crippen LogP contribution is -2.35. The summed E-state index contributed by atoms with van der Waals surface area (Å²) in [7, 11) is 0. The number of carbonyl (C=O) groups excluding carboxylic acids is 2. The Balaban J connectivity index is 1.68. The van der Waals surface area contributed by atoms with Gasteiger partial charge in [-0.1, -0.05) is 29.8 Å². The maximum atomic E-state index is 12.6. The van der Waals surface area contributed by atoms with E-state index in [1.807, 2.05) is 37.3 Å². The summed E-state index contributed by atoms with van der Waals surface area (Å²) in [6.45, 7) is 5.37. The highest BCUT2D eigenvalue weighted by atomic mass is 16.5. The zero-order valence-electron chi connectivity index (χ0n) is 16.4. The van der Waals surface area contributed by atoms with Gasteiger partial charge in [-0.2, -0.15) is 5.26 Å². The van der Waals surface area contributed by atoms with Crippen molar-refractivity contribution in [2.24, 2.45) is 0 Å². The summed E-state index contributed by atoms with van der Waals surface area (Å²) in [6, 6.07) is 13.3. The Kier molecular flexibility index (Phi) is 5.84. The van der Waals surface area contributed by atoms with E-state index >= 15 is 0 Å². The quantitative estimate of drug-likeness (QED) is 0.650. The Labute approximate surface area is 168 Å². The molecule has 3 rings (SSSR count). The molecule has 0 aliphatic carbocycles. The first kappa shape index (κ1) is 20.0. The van der Waals surface area contributed by atoms with Crippen molar-refractivity contribution in [2.45, 2.75) is 33.4 Å². The van der Waals surface area contributed by atoms with E-state index in [4.69, 9.17) is 9.15 Å². The fraction of sp³-hybridized carbons (Fsp3) is 0.227. The summed E-state index contributed by atoms with van der Waals surface area (Å²) < 4.78 is 12.5. The number of carbonyl (C=O) groups is 2. The van der Waals surface area contributed by atoms with Crippen LogP contribution < -0.4 is 5.32 Å². The van der Waals surface area contributed by atoms with Crippen molar-refractivity contribution >= 4 is 11.9 Å². The lowest BCUT2D eigenvalue weighted by molar-refractivity contribution is -0.129. The van der Waals surface area contributed by atoms with Gasteiger partial charge >= 0.3 is 5.97 Å². The number of benzene rings is 1. The number of amides is 1. The normalized spacial score (nSPS) is 11.5. The van der Waals surface area contributed by atoms with E-state index in [1.54, 1.807) is 36.0 Å². The van der Waals surface area contributed by atoms with Crippen LogP contribution in [-0.2, 0) is 16.1 Å². The maximum Gasteiger partial charge on any atom is 0.343 e. The molecule has 0 aliphatic heterocycles. The summed E-state index contributed by atoms with van der Waals surface area (Å²) in [5.41, 5.74) is 2.16. The molecule has 0 saturated heterocycles. The standard InChI is InChI=1S/C22H21N3O4/c1-14-6-8-17(9-7-14)13-24-20(26)16(3)29-22(27)19-15(2)28-21(18(19)12-23)25-10-4-5-11-25/h4-11,16H,13H2,1-3H3,(H,24,26)/t16-/m1/s1. The minimum Gasteiger partial charge on any atom is -0.449 e. The molecule has 1 N–H and O–H groups in total. The monoisotopic (exact) mass is 391 g/mol. The van der Waals surface area contributed by atoms with E-state index in [9.17, 15) is 14.9 Å². The van der Waals surface area contributed by atoms with Gasteiger partial charge in [0.1, 0.15) is 23.0 Å². The van der Waals surface area contributed by atoms with Crippen LogP contribution in [0.5, 0.6) is 0 Å². The smallest absolute Gasteiger partial charge is 0.343 e. The molecule has 0 bridgehead atoms. The Bertz CT molecular complexity index is 1060. The van der Waals surface area contributed by atoms with Gasteiger partial charge in [0, 0.05) is 18.9 Å². The van der Waals surface area contributed by atoms with Crippen molar-refractivity contribution in [2.75, 3.05) is 0 Å². The fourth-order valence-electron chi connectivity index (χ4n) is 2.84. The molecule has 7 nitrogen and oxygen atoms in total. The van der Waals surface area contributed by atoms with Gasteiger partial charge in [-0.3, -0.25) is 9.36 Å². The van der Waals surface area contributed by atoms with Crippen LogP contribution in [0.1, 0.15) is 39.7 Å². The predicted octanol–water partition coefficient (Wildman–Crippen LogP) is 3.42. The van der Waals surface area contributed by atoms with E-state index < -0.39 is 18.0 Å². The zero-order chi connectivity index (χ0) is 21.0. The lowest BCUT2D eigenvalue weighted by atomic mass is 10.1. The number of rotatable bonds is 6. The van der Waals surface area contributed by atoms with Crippen molar-refractivity contribution in [3.8, 4) is 12.0 Å². The summed E-state index contributed by atoms with van der Waals surface area (Å²) in [5, 5.41) is 12.3. The molecule has 0 aliphatic rings. The van der Waals surface area contributed by atoms with Crippen LogP contribution in [0.25, 0.3) is 5.88 Å². The number of hydrogen-bond donors (Lipinski definition) is 1. The molecule has 2 aromatic heterocycles. The molecule has 0 saturated carbocycles. The molecule has 0 unspecified atom stereocenters. The molecule has 1 amide bonds. The number of esters is 1. The van der Waals surface area contributed by atoms with Gasteiger partial charge in [-0.15, -0.1) is 0 Å². The predicted molar refractivity (Wildman–Crippen MR) is 105 cm³/mol. The SMILES string of the molecule is Cc1ccc(CNC(=O)[C@@H](C)OC(=O)c2c(C)oc(-n3cccc3)c2C#N)cc1. The minimum absolute atomic E-state index is 0.0226. The van der Waals surface area contributed by atoms with E-state index in [0.717, 1.165) is 11.1 Å². The van der Waals surface area contributed by atoms with Gasteiger partial charge in [0.2, 0.25) is 5.88 Å². The summed E-state index contributed by atoms with van der Waals surface area (Å²) in [4.78, 5) is 24.9. The minimum atomic E-state index is -1.02. The molecular weight excluding hydrogens is 370 g/mol. The summed E-state index contributed by atoms with van der Waals surface area (Å²) in [6.07, 6.45) is 2.38. The number of nitrogens with one attached hydrogen (secondary N) is 1. The largest absolute Gasteiger partial charge is 0.449 e. The third-order valence-corrected chi connectivity index (χ3v) is 4.46. The van der Waals surface area contributed by atoms with Gasteiger partial charge < -0.3 is 14.5 Å². The number of aromatic nitrogens is 1. The highest BCUT2D eigenvalue weighted by molar-refractivity contribution is 5.96. The summed E-state index contributed by atoms with van der Waals surface area (Å²) in [5.74, 6) is -0.718. The molecule has 2 heterocycles. The summed E-state index contributed by atoms with van der Waals surface area (Å²) >= 11 is 0. The number of hydrogen-bond acceptors (Lipinski definition) is 5. The van der Waals surface area contributed by atoms with Gasteiger partial charge in [0.05, 0.1) is 0 Å². The first-order chi connectivity index (χ1) is 13.9. The number of ether oxygens (including phenoxy) is 1. The molecule has 0 fully saturated rings. The van der Waals surface area contributed by atoms with E-state index in [0.29, 0.717) is 6.54 Å². The second-order valence-electron chi connectivity index (χ2n) is 6.67. The second-order valence-corrected chi connectivity index (χ2v) is 6.67. The molecular formula is C22H21N3O4. The number of nitriles is 1. The average molecular weight is 391 g/mol. The van der Waals surface area contributed by atoms with Gasteiger partial charge in [0.25, 0.3) is 5.91 Å². The number of nitrogens with zero attached hydrogens (tertiary/aromatic N) is 2. The van der Waals surface area contributed by atoms with E-state index in [1.165, 1.54) is 6.92 Å². The molecule has 0 spiro atoms. The van der Waals surface area contributed by atoms with Crippen LogP contribution in [0.3, 0.4) is 0 Å². The van der Waals surface area contributed by atoms with Crippen LogP contribution in [0.4, 0.5) is 0 Å². The second kappa shape index (κ2) is 8.48. The lowest BCUT2D eigenvalue weighted by Gasteiger charge is -2.13. The molecule has 0 radical (unpaired) electrons. The van der Waals surface area contributed by atoms with Gasteiger partial charge in [-0.05, 0) is 38.5 Å². The van der Waals surface area contributed by atoms with Crippen LogP contribution in [0, 0.1) is 25.2 Å². The van der Waals surface area contributed by atoms with Crippen molar-refractivity contribution in [1.29, 1.82) is 5.26 Å². The van der Waals surface area contributed by atoms with Crippen molar-refractivity contribution < 1.29 is 18.7 Å². The topological polar surface area (TPSA) is 97.3 Å². The van der Waals surface area contributed by atoms with Crippen molar-refractivity contribution in [3.63, 3.8) is 0 Å². The van der Waals surface area contributed by atoms with Crippen molar-refractivity contribution in [1.82, 2.24) is 9.88 Å². The third kappa shape index (κ3) is 4.38. The van der Waals surface area contributed by atoms with Crippen LogP contribution >= 0.6 is 0 Å². The maximum absolute atomic E-state index is 12.6. The number of furan rings is 1. The molecule has 148 valence electrons. The van der Waals surface area contributed by atoms with Gasteiger partial charge in [0.15, 0.2) is 6.10 Å². The highest BCUT2D eigenvalue weighted by Gasteiger charge is 2.28. The van der Waals surface area contributed by atoms with Gasteiger partial charge in [-0.25, -0.2) is 4.79 Å². The molecule has 1 atom stereocenters. The number of aryl methyl sites for hydroxylation is 2. The van der Waals surface area contributed by atoms with Crippen LogP contribution in [0.2, 0.25) is 0 Å². The molecule has 3 aromatic rings. The molecule has 1 aromatic carbocycles. The van der Waals surface area contributed by atoms with Crippen LogP contribution in [-0.4, -0.2) is 22.5 Å². The Morgan fingerprint density at radius 2 is 1.86 bits per heavy atom.